The molecule has 1 N–H and O–H groups in total. The van der Waals surface area contributed by atoms with Gasteiger partial charge in [-0.3, -0.25) is 4.79 Å². The van der Waals surface area contributed by atoms with Gasteiger partial charge in [0, 0.05) is 30.4 Å². The molecule has 0 atom stereocenters. The van der Waals surface area contributed by atoms with E-state index in [1.807, 2.05) is 42.2 Å². The summed E-state index contributed by atoms with van der Waals surface area (Å²) >= 11 is 0. The van der Waals surface area contributed by atoms with E-state index in [0.717, 1.165) is 42.7 Å². The number of amides is 1. The van der Waals surface area contributed by atoms with Crippen LogP contribution in [0.2, 0.25) is 0 Å². The highest BCUT2D eigenvalue weighted by Gasteiger charge is 2.24. The quantitative estimate of drug-likeness (QED) is 0.929. The highest BCUT2D eigenvalue weighted by molar-refractivity contribution is 5.95. The first kappa shape index (κ1) is 15.6. The number of nitrogens with zero attached hydrogens (tertiary/aromatic N) is 1. The average Bonchev–Trinajstić information content (AvgIpc) is 2.56. The maximum atomic E-state index is 12.7. The minimum Gasteiger partial charge on any atom is -0.382 e. The van der Waals surface area contributed by atoms with Gasteiger partial charge >= 0.3 is 0 Å². The summed E-state index contributed by atoms with van der Waals surface area (Å²) in [5.74, 6) is 0.167. The normalized spacial score (nSPS) is 15.5. The molecule has 0 saturated carbocycles. The van der Waals surface area contributed by atoms with E-state index in [2.05, 4.69) is 30.4 Å². The van der Waals surface area contributed by atoms with Gasteiger partial charge in [0.15, 0.2) is 0 Å². The van der Waals surface area contributed by atoms with Crippen LogP contribution in [0.25, 0.3) is 0 Å². The molecule has 0 aromatic heterocycles. The number of piperidine rings is 1. The lowest BCUT2D eigenvalue weighted by molar-refractivity contribution is 0.0718. The van der Waals surface area contributed by atoms with Crippen LogP contribution in [-0.4, -0.2) is 29.9 Å². The molecule has 0 radical (unpaired) electrons. The topological polar surface area (TPSA) is 32.3 Å². The summed E-state index contributed by atoms with van der Waals surface area (Å²) in [6.45, 7) is 5.71. The number of benzene rings is 2. The summed E-state index contributed by atoms with van der Waals surface area (Å²) in [6.07, 6.45) is 1.98. The van der Waals surface area contributed by atoms with Crippen LogP contribution < -0.4 is 5.32 Å². The second kappa shape index (κ2) is 6.86. The number of rotatable bonds is 3. The van der Waals surface area contributed by atoms with Crippen molar-refractivity contribution in [3.8, 4) is 0 Å². The number of nitrogens with one attached hydrogen (secondary N) is 1. The van der Waals surface area contributed by atoms with Crippen LogP contribution in [0.3, 0.4) is 0 Å². The number of carbonyl (C=O) groups excluding carboxylic acids is 1. The van der Waals surface area contributed by atoms with Crippen molar-refractivity contribution in [3.63, 3.8) is 0 Å². The number of aryl methyl sites for hydroxylation is 2. The van der Waals surface area contributed by atoms with Crippen molar-refractivity contribution in [1.29, 1.82) is 0 Å². The molecule has 0 unspecified atom stereocenters. The van der Waals surface area contributed by atoms with Crippen LogP contribution >= 0.6 is 0 Å². The first-order valence-electron chi connectivity index (χ1n) is 8.31. The smallest absolute Gasteiger partial charge is 0.254 e. The summed E-state index contributed by atoms with van der Waals surface area (Å²) in [7, 11) is 0. The van der Waals surface area contributed by atoms with Gasteiger partial charge < -0.3 is 10.2 Å². The molecule has 3 rings (SSSR count). The van der Waals surface area contributed by atoms with Gasteiger partial charge in [0.1, 0.15) is 0 Å². The van der Waals surface area contributed by atoms with E-state index >= 15 is 0 Å². The molecule has 0 bridgehead atoms. The van der Waals surface area contributed by atoms with E-state index < -0.39 is 0 Å². The molecule has 23 heavy (non-hydrogen) atoms. The third kappa shape index (κ3) is 3.73. The molecule has 2 aromatic carbocycles. The number of hydrogen-bond donors (Lipinski definition) is 1. The molecule has 1 amide bonds. The van der Waals surface area contributed by atoms with Crippen LogP contribution in [0.5, 0.6) is 0 Å². The fourth-order valence-corrected chi connectivity index (χ4v) is 3.22. The lowest BCUT2D eigenvalue weighted by Crippen LogP contribution is -2.42. The minimum absolute atomic E-state index is 0.167. The summed E-state index contributed by atoms with van der Waals surface area (Å²) in [5, 5.41) is 3.56. The Morgan fingerprint density at radius 3 is 2.39 bits per heavy atom. The zero-order valence-corrected chi connectivity index (χ0v) is 13.9. The summed E-state index contributed by atoms with van der Waals surface area (Å²) < 4.78 is 0. The van der Waals surface area contributed by atoms with Gasteiger partial charge in [-0.05, 0) is 50.5 Å². The van der Waals surface area contributed by atoms with Crippen molar-refractivity contribution in [2.24, 2.45) is 0 Å². The van der Waals surface area contributed by atoms with Gasteiger partial charge in [-0.1, -0.05) is 35.9 Å². The van der Waals surface area contributed by atoms with E-state index in [4.69, 9.17) is 0 Å². The van der Waals surface area contributed by atoms with Gasteiger partial charge in [0.2, 0.25) is 0 Å². The molecule has 3 heteroatoms. The van der Waals surface area contributed by atoms with E-state index in [1.165, 1.54) is 5.56 Å². The van der Waals surface area contributed by atoms with Gasteiger partial charge in [-0.2, -0.15) is 0 Å². The molecule has 1 aliphatic heterocycles. The largest absolute Gasteiger partial charge is 0.382 e. The molecule has 0 aliphatic carbocycles. The first-order valence-corrected chi connectivity index (χ1v) is 8.31. The maximum absolute atomic E-state index is 12.7. The molecule has 2 aromatic rings. The second-order valence-electron chi connectivity index (χ2n) is 6.40. The first-order chi connectivity index (χ1) is 11.1. The fraction of sp³-hybridized carbons (Fsp3) is 0.350. The Kier molecular flexibility index (Phi) is 4.65. The number of hydrogen-bond acceptors (Lipinski definition) is 2. The highest BCUT2D eigenvalue weighted by Crippen LogP contribution is 2.20. The molecule has 0 spiro atoms. The van der Waals surface area contributed by atoms with Crippen molar-refractivity contribution in [3.05, 3.63) is 65.2 Å². The highest BCUT2D eigenvalue weighted by atomic mass is 16.2. The Labute approximate surface area is 138 Å². The van der Waals surface area contributed by atoms with Gasteiger partial charge in [-0.25, -0.2) is 0 Å². The van der Waals surface area contributed by atoms with Crippen LogP contribution in [0.1, 0.15) is 34.3 Å². The lowest BCUT2D eigenvalue weighted by atomic mass is 10.0. The monoisotopic (exact) mass is 308 g/mol. The summed E-state index contributed by atoms with van der Waals surface area (Å²) in [4.78, 5) is 14.7. The molecule has 1 aliphatic rings. The molecular weight excluding hydrogens is 284 g/mol. The second-order valence-corrected chi connectivity index (χ2v) is 6.40. The van der Waals surface area contributed by atoms with Crippen LogP contribution in [0, 0.1) is 13.8 Å². The van der Waals surface area contributed by atoms with Gasteiger partial charge in [0.05, 0.1) is 0 Å². The molecule has 1 heterocycles. The predicted molar refractivity (Wildman–Crippen MR) is 94.9 cm³/mol. The Bertz CT molecular complexity index is 673. The third-order valence-corrected chi connectivity index (χ3v) is 4.54. The zero-order valence-electron chi connectivity index (χ0n) is 13.9. The SMILES string of the molecule is Cc1ccc(C(=O)N2CCC(Nc3ccccc3)CC2)c(C)c1. The van der Waals surface area contributed by atoms with Crippen molar-refractivity contribution in [1.82, 2.24) is 4.90 Å². The number of likely N-dealkylation sites (tertiary alicyclic amines) is 1. The van der Waals surface area contributed by atoms with Crippen LogP contribution in [0.15, 0.2) is 48.5 Å². The van der Waals surface area contributed by atoms with E-state index in [0.29, 0.717) is 6.04 Å². The van der Waals surface area contributed by atoms with Crippen molar-refractivity contribution >= 4 is 11.6 Å². The van der Waals surface area contributed by atoms with Gasteiger partial charge in [0.25, 0.3) is 5.91 Å². The fourth-order valence-electron chi connectivity index (χ4n) is 3.22. The van der Waals surface area contributed by atoms with Crippen molar-refractivity contribution in [2.75, 3.05) is 18.4 Å². The molecule has 120 valence electrons. The molecule has 1 saturated heterocycles. The Morgan fingerprint density at radius 1 is 1.04 bits per heavy atom. The minimum atomic E-state index is 0.167. The lowest BCUT2D eigenvalue weighted by Gasteiger charge is -2.33. The summed E-state index contributed by atoms with van der Waals surface area (Å²) in [6, 6.07) is 16.8. The number of anilines is 1. The van der Waals surface area contributed by atoms with Crippen LogP contribution in [0.4, 0.5) is 5.69 Å². The average molecular weight is 308 g/mol. The molecule has 1 fully saturated rings. The summed E-state index contributed by atoms with van der Waals surface area (Å²) in [5.41, 5.74) is 4.26. The van der Waals surface area contributed by atoms with Crippen molar-refractivity contribution < 1.29 is 4.79 Å². The zero-order chi connectivity index (χ0) is 16.2. The van der Waals surface area contributed by atoms with E-state index in [1.54, 1.807) is 0 Å². The standard InChI is InChI=1S/C20H24N2O/c1-15-8-9-19(16(2)14-15)20(23)22-12-10-18(11-13-22)21-17-6-4-3-5-7-17/h3-9,14,18,21H,10-13H2,1-2H3. The number of para-hydroxylation sites is 1. The van der Waals surface area contributed by atoms with Crippen molar-refractivity contribution in [2.45, 2.75) is 32.7 Å². The third-order valence-electron chi connectivity index (χ3n) is 4.54. The Balaban J connectivity index is 1.59. The predicted octanol–water partition coefficient (Wildman–Crippen LogP) is 4.02. The molecular formula is C20H24N2O. The van der Waals surface area contributed by atoms with E-state index in [9.17, 15) is 4.79 Å². The maximum Gasteiger partial charge on any atom is 0.254 e. The Hall–Kier alpha value is -2.29. The van der Waals surface area contributed by atoms with E-state index in [-0.39, 0.29) is 5.91 Å². The number of carbonyl (C=O) groups is 1. The molecule has 3 nitrogen and oxygen atoms in total. The van der Waals surface area contributed by atoms with Gasteiger partial charge in [-0.15, -0.1) is 0 Å². The van der Waals surface area contributed by atoms with Crippen LogP contribution in [-0.2, 0) is 0 Å². The Morgan fingerprint density at radius 2 is 1.74 bits per heavy atom.